The molecule has 17 heavy (non-hydrogen) atoms. The SMILES string of the molecule is Cc1cccc(Nc2nc(N)ncc2Cl)c1C. The Morgan fingerprint density at radius 3 is 2.82 bits per heavy atom. The summed E-state index contributed by atoms with van der Waals surface area (Å²) < 4.78 is 0. The number of aryl methyl sites for hydroxylation is 1. The summed E-state index contributed by atoms with van der Waals surface area (Å²) in [7, 11) is 0. The second kappa shape index (κ2) is 4.59. The van der Waals surface area contributed by atoms with E-state index in [0.717, 1.165) is 11.3 Å². The average Bonchev–Trinajstić information content (AvgIpc) is 2.30. The molecule has 0 amide bonds. The Morgan fingerprint density at radius 1 is 1.29 bits per heavy atom. The van der Waals surface area contributed by atoms with E-state index in [1.54, 1.807) is 0 Å². The summed E-state index contributed by atoms with van der Waals surface area (Å²) in [5, 5.41) is 3.60. The van der Waals surface area contributed by atoms with Crippen molar-refractivity contribution in [3.63, 3.8) is 0 Å². The number of nitrogen functional groups attached to an aromatic ring is 1. The normalized spacial score (nSPS) is 10.3. The summed E-state index contributed by atoms with van der Waals surface area (Å²) in [5.74, 6) is 0.718. The number of hydrogen-bond donors (Lipinski definition) is 2. The van der Waals surface area contributed by atoms with Crippen LogP contribution in [0.3, 0.4) is 0 Å². The summed E-state index contributed by atoms with van der Waals surface area (Å²) in [6.45, 7) is 4.09. The van der Waals surface area contributed by atoms with Crippen LogP contribution in [0.4, 0.5) is 17.5 Å². The van der Waals surface area contributed by atoms with Crippen LogP contribution >= 0.6 is 11.6 Å². The summed E-state index contributed by atoms with van der Waals surface area (Å²) in [6.07, 6.45) is 1.48. The second-order valence-electron chi connectivity index (χ2n) is 3.80. The monoisotopic (exact) mass is 248 g/mol. The van der Waals surface area contributed by atoms with Crippen LogP contribution in [0.15, 0.2) is 24.4 Å². The molecule has 0 saturated carbocycles. The molecule has 0 fully saturated rings. The van der Waals surface area contributed by atoms with Crippen molar-refractivity contribution in [2.45, 2.75) is 13.8 Å². The fourth-order valence-corrected chi connectivity index (χ4v) is 1.62. The molecule has 1 aromatic carbocycles. The van der Waals surface area contributed by atoms with E-state index in [-0.39, 0.29) is 5.95 Å². The van der Waals surface area contributed by atoms with Crippen LogP contribution < -0.4 is 11.1 Å². The van der Waals surface area contributed by atoms with Gasteiger partial charge in [-0.1, -0.05) is 23.7 Å². The fourth-order valence-electron chi connectivity index (χ4n) is 1.48. The molecule has 0 spiro atoms. The van der Waals surface area contributed by atoms with Crippen LogP contribution in [0, 0.1) is 13.8 Å². The number of anilines is 3. The molecule has 0 aliphatic rings. The Kier molecular flexibility index (Phi) is 3.15. The van der Waals surface area contributed by atoms with Crippen molar-refractivity contribution in [2.75, 3.05) is 11.1 Å². The first kappa shape index (κ1) is 11.7. The van der Waals surface area contributed by atoms with E-state index in [9.17, 15) is 0 Å². The summed E-state index contributed by atoms with van der Waals surface area (Å²) in [4.78, 5) is 7.88. The molecule has 5 heteroatoms. The van der Waals surface area contributed by atoms with Gasteiger partial charge in [0.05, 0.1) is 6.20 Å². The maximum Gasteiger partial charge on any atom is 0.222 e. The molecular formula is C12H13ClN4. The highest BCUT2D eigenvalue weighted by Crippen LogP contribution is 2.26. The molecule has 2 rings (SSSR count). The van der Waals surface area contributed by atoms with Gasteiger partial charge in [0.2, 0.25) is 5.95 Å². The number of rotatable bonds is 2. The topological polar surface area (TPSA) is 63.8 Å². The highest BCUT2D eigenvalue weighted by atomic mass is 35.5. The molecule has 0 aliphatic carbocycles. The number of hydrogen-bond acceptors (Lipinski definition) is 4. The Balaban J connectivity index is 2.38. The van der Waals surface area contributed by atoms with Gasteiger partial charge >= 0.3 is 0 Å². The minimum Gasteiger partial charge on any atom is -0.368 e. The van der Waals surface area contributed by atoms with E-state index in [0.29, 0.717) is 10.8 Å². The maximum absolute atomic E-state index is 6.00. The van der Waals surface area contributed by atoms with E-state index >= 15 is 0 Å². The Hall–Kier alpha value is -1.81. The highest BCUT2D eigenvalue weighted by Gasteiger charge is 2.06. The van der Waals surface area contributed by atoms with Gasteiger partial charge in [-0.15, -0.1) is 0 Å². The van der Waals surface area contributed by atoms with Gasteiger partial charge in [-0.3, -0.25) is 0 Å². The van der Waals surface area contributed by atoms with Crippen LogP contribution in [0.1, 0.15) is 11.1 Å². The molecule has 88 valence electrons. The van der Waals surface area contributed by atoms with E-state index in [1.807, 2.05) is 19.1 Å². The van der Waals surface area contributed by atoms with Gasteiger partial charge in [0.15, 0.2) is 5.82 Å². The average molecular weight is 249 g/mol. The third-order valence-electron chi connectivity index (χ3n) is 2.62. The zero-order valence-corrected chi connectivity index (χ0v) is 10.4. The lowest BCUT2D eigenvalue weighted by Crippen LogP contribution is -2.01. The number of nitrogens with two attached hydrogens (primary N) is 1. The summed E-state index contributed by atoms with van der Waals surface area (Å²) in [6, 6.07) is 6.00. The van der Waals surface area contributed by atoms with Gasteiger partial charge in [-0.25, -0.2) is 4.98 Å². The Morgan fingerprint density at radius 2 is 2.06 bits per heavy atom. The number of nitrogens with one attached hydrogen (secondary N) is 1. The highest BCUT2D eigenvalue weighted by molar-refractivity contribution is 6.32. The third-order valence-corrected chi connectivity index (χ3v) is 2.90. The number of nitrogens with zero attached hydrogens (tertiary/aromatic N) is 2. The smallest absolute Gasteiger partial charge is 0.222 e. The van der Waals surface area contributed by atoms with Crippen LogP contribution in [0.2, 0.25) is 5.02 Å². The van der Waals surface area contributed by atoms with E-state index in [4.69, 9.17) is 17.3 Å². The van der Waals surface area contributed by atoms with Crippen molar-refractivity contribution in [3.8, 4) is 0 Å². The third kappa shape index (κ3) is 2.47. The van der Waals surface area contributed by atoms with Crippen molar-refractivity contribution < 1.29 is 0 Å². The van der Waals surface area contributed by atoms with E-state index in [1.165, 1.54) is 11.8 Å². The maximum atomic E-state index is 6.00. The van der Waals surface area contributed by atoms with Crippen molar-refractivity contribution in [1.82, 2.24) is 9.97 Å². The lowest BCUT2D eigenvalue weighted by Gasteiger charge is -2.11. The zero-order valence-electron chi connectivity index (χ0n) is 9.66. The molecule has 2 aromatic rings. The van der Waals surface area contributed by atoms with Crippen LogP contribution in [0.25, 0.3) is 0 Å². The van der Waals surface area contributed by atoms with Crippen molar-refractivity contribution >= 4 is 29.1 Å². The predicted molar refractivity (Wildman–Crippen MR) is 70.7 cm³/mol. The van der Waals surface area contributed by atoms with Gasteiger partial charge in [0, 0.05) is 5.69 Å². The van der Waals surface area contributed by atoms with Crippen molar-refractivity contribution in [3.05, 3.63) is 40.5 Å². The van der Waals surface area contributed by atoms with Gasteiger partial charge in [-0.05, 0) is 31.0 Å². The standard InChI is InChI=1S/C12H13ClN4/c1-7-4-3-5-10(8(7)2)16-11-9(13)6-15-12(14)17-11/h3-6H,1-2H3,(H3,14,15,16,17). The van der Waals surface area contributed by atoms with E-state index < -0.39 is 0 Å². The first-order valence-electron chi connectivity index (χ1n) is 5.19. The lowest BCUT2D eigenvalue weighted by atomic mass is 10.1. The molecule has 0 bridgehead atoms. The quantitative estimate of drug-likeness (QED) is 0.857. The molecule has 0 unspecified atom stereocenters. The van der Waals surface area contributed by atoms with Crippen LogP contribution in [-0.4, -0.2) is 9.97 Å². The molecule has 1 aromatic heterocycles. The summed E-state index contributed by atoms with van der Waals surface area (Å²) in [5.41, 5.74) is 8.85. The Labute approximate surface area is 105 Å². The van der Waals surface area contributed by atoms with Crippen molar-refractivity contribution in [2.24, 2.45) is 0 Å². The van der Waals surface area contributed by atoms with Gasteiger partial charge < -0.3 is 11.1 Å². The van der Waals surface area contributed by atoms with Gasteiger partial charge in [0.25, 0.3) is 0 Å². The second-order valence-corrected chi connectivity index (χ2v) is 4.20. The fraction of sp³-hybridized carbons (Fsp3) is 0.167. The van der Waals surface area contributed by atoms with Crippen LogP contribution in [0.5, 0.6) is 0 Å². The molecule has 0 radical (unpaired) electrons. The first-order valence-corrected chi connectivity index (χ1v) is 5.57. The molecular weight excluding hydrogens is 236 g/mol. The molecule has 4 nitrogen and oxygen atoms in total. The molecule has 3 N–H and O–H groups in total. The molecule has 0 aliphatic heterocycles. The minimum absolute atomic E-state index is 0.196. The molecule has 0 saturated heterocycles. The van der Waals surface area contributed by atoms with Gasteiger partial charge in [-0.2, -0.15) is 4.98 Å². The largest absolute Gasteiger partial charge is 0.368 e. The zero-order chi connectivity index (χ0) is 12.4. The molecule has 1 heterocycles. The predicted octanol–water partition coefficient (Wildman–Crippen LogP) is 3.07. The Bertz CT molecular complexity index is 554. The van der Waals surface area contributed by atoms with Gasteiger partial charge in [0.1, 0.15) is 5.02 Å². The first-order chi connectivity index (χ1) is 8.08. The summed E-state index contributed by atoms with van der Waals surface area (Å²) >= 11 is 6.00. The number of benzene rings is 1. The van der Waals surface area contributed by atoms with Crippen LogP contribution in [-0.2, 0) is 0 Å². The number of halogens is 1. The van der Waals surface area contributed by atoms with E-state index in [2.05, 4.69) is 28.3 Å². The molecule has 0 atom stereocenters. The minimum atomic E-state index is 0.196. The van der Waals surface area contributed by atoms with Crippen molar-refractivity contribution in [1.29, 1.82) is 0 Å². The number of aromatic nitrogens is 2. The lowest BCUT2D eigenvalue weighted by molar-refractivity contribution is 1.18.